The molecule has 0 N–H and O–H groups in total. The summed E-state index contributed by atoms with van der Waals surface area (Å²) in [4.78, 5) is 4.60. The van der Waals surface area contributed by atoms with Crippen molar-refractivity contribution in [1.29, 1.82) is 0 Å². The average molecular weight is 315 g/mol. The molecule has 0 unspecified atom stereocenters. The number of halogens is 1. The number of imidazole rings is 1. The van der Waals surface area contributed by atoms with Crippen LogP contribution in [0, 0.1) is 3.70 Å². The van der Waals surface area contributed by atoms with Crippen LogP contribution >= 0.6 is 22.6 Å². The molecule has 1 saturated carbocycles. The van der Waals surface area contributed by atoms with Crippen molar-refractivity contribution < 1.29 is 4.74 Å². The van der Waals surface area contributed by atoms with Crippen molar-refractivity contribution in [2.75, 3.05) is 7.11 Å². The molecule has 78 valence electrons. The highest BCUT2D eigenvalue weighted by atomic mass is 127. The van der Waals surface area contributed by atoms with Crippen molar-refractivity contribution in [2.45, 2.75) is 18.8 Å². The Morgan fingerprint density at radius 1 is 1.53 bits per heavy atom. The van der Waals surface area contributed by atoms with Crippen LogP contribution in [0.15, 0.2) is 12.3 Å². The molecular weight excluding hydrogens is 305 g/mol. The van der Waals surface area contributed by atoms with Crippen LogP contribution in [0.1, 0.15) is 24.5 Å². The number of ether oxygens (including phenoxy) is 1. The fraction of sp³-hybridized carbons (Fsp3) is 0.400. The summed E-state index contributed by atoms with van der Waals surface area (Å²) in [7, 11) is 1.64. The topological polar surface area (TPSA) is 39.4 Å². The Balaban J connectivity index is 2.20. The van der Waals surface area contributed by atoms with Crippen LogP contribution in [0.4, 0.5) is 0 Å². The predicted octanol–water partition coefficient (Wildman–Crippen LogP) is 2.22. The van der Waals surface area contributed by atoms with Gasteiger partial charge in [-0.3, -0.25) is 0 Å². The van der Waals surface area contributed by atoms with E-state index >= 15 is 0 Å². The zero-order valence-corrected chi connectivity index (χ0v) is 10.4. The minimum Gasteiger partial charge on any atom is -0.495 e. The molecule has 0 saturated heterocycles. The fourth-order valence-corrected chi connectivity index (χ4v) is 2.57. The number of fused-ring (bicyclic) bond motifs is 1. The van der Waals surface area contributed by atoms with Crippen LogP contribution < -0.4 is 4.74 Å². The zero-order valence-electron chi connectivity index (χ0n) is 8.27. The van der Waals surface area contributed by atoms with Crippen LogP contribution in [0.5, 0.6) is 5.75 Å². The highest BCUT2D eigenvalue weighted by Gasteiger charge is 2.29. The Hall–Kier alpha value is -0.850. The van der Waals surface area contributed by atoms with E-state index in [-0.39, 0.29) is 0 Å². The third-order valence-corrected chi connectivity index (χ3v) is 3.63. The molecule has 0 spiro atoms. The van der Waals surface area contributed by atoms with Crippen molar-refractivity contribution in [3.63, 3.8) is 0 Å². The Morgan fingerprint density at radius 2 is 2.33 bits per heavy atom. The van der Waals surface area contributed by atoms with E-state index < -0.39 is 0 Å². The molecule has 1 aliphatic carbocycles. The van der Waals surface area contributed by atoms with E-state index in [1.807, 2.05) is 10.6 Å². The van der Waals surface area contributed by atoms with Crippen LogP contribution in [-0.2, 0) is 0 Å². The SMILES string of the molecule is COc1cnn2c(I)c(C3CC3)nc2c1. The molecule has 0 bridgehead atoms. The van der Waals surface area contributed by atoms with E-state index in [0.717, 1.165) is 15.1 Å². The van der Waals surface area contributed by atoms with Gasteiger partial charge in [-0.25, -0.2) is 9.50 Å². The molecule has 0 radical (unpaired) electrons. The molecule has 2 aromatic rings. The highest BCUT2D eigenvalue weighted by molar-refractivity contribution is 14.1. The van der Waals surface area contributed by atoms with Gasteiger partial charge in [-0.05, 0) is 35.4 Å². The van der Waals surface area contributed by atoms with Gasteiger partial charge >= 0.3 is 0 Å². The smallest absolute Gasteiger partial charge is 0.158 e. The van der Waals surface area contributed by atoms with E-state index in [1.54, 1.807) is 13.3 Å². The van der Waals surface area contributed by atoms with Crippen LogP contribution in [-0.4, -0.2) is 21.7 Å². The lowest BCUT2D eigenvalue weighted by atomic mass is 10.3. The van der Waals surface area contributed by atoms with Crippen molar-refractivity contribution in [3.8, 4) is 5.75 Å². The van der Waals surface area contributed by atoms with Gasteiger partial charge in [0.25, 0.3) is 0 Å². The second-order valence-corrected chi connectivity index (χ2v) is 4.75. The summed E-state index contributed by atoms with van der Waals surface area (Å²) in [5, 5.41) is 4.30. The van der Waals surface area contributed by atoms with Gasteiger partial charge in [0.2, 0.25) is 0 Å². The molecule has 0 aromatic carbocycles. The minimum absolute atomic E-state index is 0.657. The van der Waals surface area contributed by atoms with Gasteiger partial charge in [-0.15, -0.1) is 0 Å². The van der Waals surface area contributed by atoms with Gasteiger partial charge in [0.1, 0.15) is 9.45 Å². The Labute approximate surface area is 101 Å². The molecule has 0 aliphatic heterocycles. The highest BCUT2D eigenvalue weighted by Crippen LogP contribution is 2.41. The average Bonchev–Trinajstić information content (AvgIpc) is 3.04. The zero-order chi connectivity index (χ0) is 10.4. The normalized spacial score (nSPS) is 15.9. The Kier molecular flexibility index (Phi) is 2.08. The van der Waals surface area contributed by atoms with Crippen LogP contribution in [0.25, 0.3) is 5.65 Å². The molecule has 0 amide bonds. The van der Waals surface area contributed by atoms with E-state index in [0.29, 0.717) is 5.92 Å². The largest absolute Gasteiger partial charge is 0.495 e. The maximum absolute atomic E-state index is 5.13. The summed E-state index contributed by atoms with van der Waals surface area (Å²) in [5.74, 6) is 1.41. The lowest BCUT2D eigenvalue weighted by Crippen LogP contribution is -1.95. The summed E-state index contributed by atoms with van der Waals surface area (Å²) in [6, 6.07) is 1.92. The molecular formula is C10H10IN3O. The number of hydrogen-bond donors (Lipinski definition) is 0. The quantitative estimate of drug-likeness (QED) is 0.798. The van der Waals surface area contributed by atoms with Gasteiger partial charge in [0, 0.05) is 12.0 Å². The van der Waals surface area contributed by atoms with Crippen LogP contribution in [0.2, 0.25) is 0 Å². The predicted molar refractivity (Wildman–Crippen MR) is 64.2 cm³/mol. The number of hydrogen-bond acceptors (Lipinski definition) is 3. The number of aromatic nitrogens is 3. The number of methoxy groups -OCH3 is 1. The standard InChI is InChI=1S/C10H10IN3O/c1-15-7-4-8-13-9(6-2-3-6)10(11)14(8)12-5-7/h4-6H,2-3H2,1H3. The molecule has 1 fully saturated rings. The number of nitrogens with zero attached hydrogens (tertiary/aromatic N) is 3. The molecule has 4 nitrogen and oxygen atoms in total. The minimum atomic E-state index is 0.657. The van der Waals surface area contributed by atoms with Gasteiger partial charge in [0.05, 0.1) is 19.0 Å². The van der Waals surface area contributed by atoms with Crippen molar-refractivity contribution in [3.05, 3.63) is 21.7 Å². The third kappa shape index (κ3) is 1.49. The summed E-state index contributed by atoms with van der Waals surface area (Å²) >= 11 is 2.31. The second kappa shape index (κ2) is 3.33. The van der Waals surface area contributed by atoms with E-state index in [2.05, 4.69) is 32.7 Å². The first kappa shape index (κ1) is 9.38. The molecule has 1 aliphatic rings. The summed E-state index contributed by atoms with van der Waals surface area (Å²) < 4.78 is 8.13. The first-order valence-corrected chi connectivity index (χ1v) is 5.95. The van der Waals surface area contributed by atoms with E-state index in [1.165, 1.54) is 18.5 Å². The first-order chi connectivity index (χ1) is 7.29. The van der Waals surface area contributed by atoms with E-state index in [9.17, 15) is 0 Å². The van der Waals surface area contributed by atoms with Crippen molar-refractivity contribution in [1.82, 2.24) is 14.6 Å². The summed E-state index contributed by atoms with van der Waals surface area (Å²) in [5.41, 5.74) is 2.07. The van der Waals surface area contributed by atoms with Crippen molar-refractivity contribution in [2.24, 2.45) is 0 Å². The maximum atomic E-state index is 5.13. The molecule has 3 rings (SSSR count). The van der Waals surface area contributed by atoms with Gasteiger partial charge in [0.15, 0.2) is 5.65 Å². The van der Waals surface area contributed by atoms with Gasteiger partial charge in [-0.1, -0.05) is 0 Å². The van der Waals surface area contributed by atoms with Gasteiger partial charge < -0.3 is 4.74 Å². The fourth-order valence-electron chi connectivity index (χ4n) is 1.64. The molecule has 0 atom stereocenters. The lowest BCUT2D eigenvalue weighted by molar-refractivity contribution is 0.411. The monoisotopic (exact) mass is 315 g/mol. The third-order valence-electron chi connectivity index (χ3n) is 2.62. The summed E-state index contributed by atoms with van der Waals surface area (Å²) in [6.07, 6.45) is 4.24. The summed E-state index contributed by atoms with van der Waals surface area (Å²) in [6.45, 7) is 0. The lowest BCUT2D eigenvalue weighted by Gasteiger charge is -1.98. The van der Waals surface area contributed by atoms with E-state index in [4.69, 9.17) is 4.74 Å². The second-order valence-electron chi connectivity index (χ2n) is 3.73. The van der Waals surface area contributed by atoms with Gasteiger partial charge in [-0.2, -0.15) is 5.10 Å². The molecule has 5 heteroatoms. The van der Waals surface area contributed by atoms with Crippen molar-refractivity contribution >= 4 is 28.2 Å². The molecule has 2 aromatic heterocycles. The molecule has 2 heterocycles. The Morgan fingerprint density at radius 3 is 3.00 bits per heavy atom. The first-order valence-electron chi connectivity index (χ1n) is 4.88. The maximum Gasteiger partial charge on any atom is 0.158 e. The van der Waals surface area contributed by atoms with Crippen LogP contribution in [0.3, 0.4) is 0 Å². The number of rotatable bonds is 2. The molecule has 15 heavy (non-hydrogen) atoms. The Bertz CT molecular complexity index is 519.